The average Bonchev–Trinajstić information content (AvgIpc) is 2.69. The molecule has 3 aromatic carbocycles. The Labute approximate surface area is 179 Å². The first-order valence-electron chi connectivity index (χ1n) is 8.67. The molecule has 0 saturated carbocycles. The van der Waals surface area contributed by atoms with E-state index < -0.39 is 22.5 Å². The molecule has 3 aromatic rings. The molecule has 0 bridgehead atoms. The Bertz CT molecular complexity index is 1120. The lowest BCUT2D eigenvalue weighted by atomic mass is 10.2. The SMILES string of the molecule is Cc1ccc(N(CC(=O)Nc2ccccc2Cl)S(=O)(=O)c2ccc(Cl)cc2)cc1. The van der Waals surface area contributed by atoms with Crippen LogP contribution in [-0.2, 0) is 14.8 Å². The van der Waals surface area contributed by atoms with Crippen molar-refractivity contribution in [2.75, 3.05) is 16.2 Å². The number of carbonyl (C=O) groups excluding carboxylic acids is 1. The quantitative estimate of drug-likeness (QED) is 0.567. The number of benzene rings is 3. The minimum absolute atomic E-state index is 0.0352. The molecule has 0 heterocycles. The Morgan fingerprint density at radius 2 is 1.55 bits per heavy atom. The first kappa shape index (κ1) is 21.2. The standard InChI is InChI=1S/C21H18Cl2N2O3S/c1-15-6-10-17(11-7-15)25(29(27,28)18-12-8-16(22)9-13-18)14-21(26)24-20-5-3-2-4-19(20)23/h2-13H,14H2,1H3,(H,24,26). The van der Waals surface area contributed by atoms with Gasteiger partial charge < -0.3 is 5.32 Å². The van der Waals surface area contributed by atoms with Crippen molar-refractivity contribution >= 4 is 50.5 Å². The summed E-state index contributed by atoms with van der Waals surface area (Å²) in [4.78, 5) is 12.7. The molecule has 1 N–H and O–H groups in total. The number of para-hydroxylation sites is 1. The molecule has 5 nitrogen and oxygen atoms in total. The van der Waals surface area contributed by atoms with Crippen LogP contribution < -0.4 is 9.62 Å². The molecule has 0 aromatic heterocycles. The summed E-state index contributed by atoms with van der Waals surface area (Å²) in [6, 6.07) is 19.4. The van der Waals surface area contributed by atoms with E-state index in [-0.39, 0.29) is 4.90 Å². The van der Waals surface area contributed by atoms with Crippen LogP contribution in [0, 0.1) is 6.92 Å². The largest absolute Gasteiger partial charge is 0.323 e. The van der Waals surface area contributed by atoms with Gasteiger partial charge in [-0.05, 0) is 55.5 Å². The maximum atomic E-state index is 13.3. The fraction of sp³-hybridized carbons (Fsp3) is 0.0952. The molecule has 150 valence electrons. The Kier molecular flexibility index (Phi) is 6.47. The molecule has 1 amide bonds. The number of sulfonamides is 1. The van der Waals surface area contributed by atoms with E-state index in [1.54, 1.807) is 48.5 Å². The van der Waals surface area contributed by atoms with Crippen LogP contribution in [-0.4, -0.2) is 20.9 Å². The van der Waals surface area contributed by atoms with Gasteiger partial charge in [0.2, 0.25) is 5.91 Å². The van der Waals surface area contributed by atoms with Crippen molar-refractivity contribution in [3.05, 3.63) is 88.4 Å². The van der Waals surface area contributed by atoms with E-state index in [9.17, 15) is 13.2 Å². The lowest BCUT2D eigenvalue weighted by Gasteiger charge is -2.24. The summed E-state index contributed by atoms with van der Waals surface area (Å²) in [5, 5.41) is 3.44. The number of aryl methyl sites for hydroxylation is 1. The van der Waals surface area contributed by atoms with Crippen molar-refractivity contribution in [1.82, 2.24) is 0 Å². The Balaban J connectivity index is 1.95. The van der Waals surface area contributed by atoms with Crippen LogP contribution in [0.3, 0.4) is 0 Å². The lowest BCUT2D eigenvalue weighted by molar-refractivity contribution is -0.114. The number of hydrogen-bond acceptors (Lipinski definition) is 3. The van der Waals surface area contributed by atoms with Crippen molar-refractivity contribution < 1.29 is 13.2 Å². The lowest BCUT2D eigenvalue weighted by Crippen LogP contribution is -2.38. The van der Waals surface area contributed by atoms with Gasteiger partial charge in [-0.3, -0.25) is 9.10 Å². The second kappa shape index (κ2) is 8.86. The molecule has 0 fully saturated rings. The molecule has 0 aliphatic rings. The zero-order valence-corrected chi connectivity index (χ0v) is 17.8. The molecule has 0 aliphatic heterocycles. The van der Waals surface area contributed by atoms with Gasteiger partial charge in [-0.1, -0.05) is 53.0 Å². The summed E-state index contributed by atoms with van der Waals surface area (Å²) in [7, 11) is -4.00. The van der Waals surface area contributed by atoms with Crippen LogP contribution in [0.5, 0.6) is 0 Å². The third-order valence-electron chi connectivity index (χ3n) is 4.16. The topological polar surface area (TPSA) is 66.5 Å². The smallest absolute Gasteiger partial charge is 0.264 e. The number of carbonyl (C=O) groups is 1. The minimum atomic E-state index is -4.00. The Morgan fingerprint density at radius 3 is 2.17 bits per heavy atom. The van der Waals surface area contributed by atoms with Gasteiger partial charge in [0, 0.05) is 5.02 Å². The molecule has 0 atom stereocenters. The van der Waals surface area contributed by atoms with Gasteiger partial charge in [0.1, 0.15) is 6.54 Å². The molecule has 8 heteroatoms. The number of nitrogens with one attached hydrogen (secondary N) is 1. The third kappa shape index (κ3) is 5.09. The summed E-state index contributed by atoms with van der Waals surface area (Å²) < 4.78 is 27.6. The van der Waals surface area contributed by atoms with E-state index in [1.807, 2.05) is 6.92 Å². The number of anilines is 2. The highest BCUT2D eigenvalue weighted by molar-refractivity contribution is 7.92. The summed E-state index contributed by atoms with van der Waals surface area (Å²) in [6.07, 6.45) is 0. The van der Waals surface area contributed by atoms with Crippen LogP contribution in [0.25, 0.3) is 0 Å². The van der Waals surface area contributed by atoms with Crippen LogP contribution in [0.1, 0.15) is 5.56 Å². The fourth-order valence-corrected chi connectivity index (χ4v) is 4.37. The van der Waals surface area contributed by atoms with Crippen LogP contribution in [0.4, 0.5) is 11.4 Å². The molecule has 29 heavy (non-hydrogen) atoms. The highest BCUT2D eigenvalue weighted by Gasteiger charge is 2.27. The molecule has 0 radical (unpaired) electrons. The Morgan fingerprint density at radius 1 is 0.931 bits per heavy atom. The summed E-state index contributed by atoms with van der Waals surface area (Å²) >= 11 is 12.0. The van der Waals surface area contributed by atoms with Gasteiger partial charge >= 0.3 is 0 Å². The van der Waals surface area contributed by atoms with E-state index in [0.29, 0.717) is 21.4 Å². The van der Waals surface area contributed by atoms with E-state index in [0.717, 1.165) is 9.87 Å². The van der Waals surface area contributed by atoms with E-state index in [2.05, 4.69) is 5.32 Å². The third-order valence-corrected chi connectivity index (χ3v) is 6.53. The van der Waals surface area contributed by atoms with Gasteiger partial charge in [0.05, 0.1) is 21.3 Å². The molecule has 0 saturated heterocycles. The van der Waals surface area contributed by atoms with Gasteiger partial charge in [0.25, 0.3) is 10.0 Å². The van der Waals surface area contributed by atoms with Gasteiger partial charge in [0.15, 0.2) is 0 Å². The van der Waals surface area contributed by atoms with E-state index in [1.165, 1.54) is 24.3 Å². The van der Waals surface area contributed by atoms with Crippen molar-refractivity contribution in [2.45, 2.75) is 11.8 Å². The van der Waals surface area contributed by atoms with Crippen molar-refractivity contribution in [3.63, 3.8) is 0 Å². The molecule has 3 rings (SSSR count). The zero-order valence-electron chi connectivity index (χ0n) is 15.5. The van der Waals surface area contributed by atoms with Crippen LogP contribution in [0.15, 0.2) is 77.7 Å². The number of rotatable bonds is 6. The number of halogens is 2. The van der Waals surface area contributed by atoms with Crippen molar-refractivity contribution in [2.24, 2.45) is 0 Å². The van der Waals surface area contributed by atoms with Crippen molar-refractivity contribution in [1.29, 1.82) is 0 Å². The molecule has 0 unspecified atom stereocenters. The fourth-order valence-electron chi connectivity index (χ4n) is 2.64. The molecule has 0 spiro atoms. The van der Waals surface area contributed by atoms with E-state index >= 15 is 0 Å². The van der Waals surface area contributed by atoms with Gasteiger partial charge in [-0.25, -0.2) is 8.42 Å². The average molecular weight is 449 g/mol. The molecular formula is C21H18Cl2N2O3S. The molecule has 0 aliphatic carbocycles. The summed E-state index contributed by atoms with van der Waals surface area (Å²) in [5.74, 6) is -0.517. The van der Waals surface area contributed by atoms with Crippen LogP contribution in [0.2, 0.25) is 10.0 Å². The minimum Gasteiger partial charge on any atom is -0.323 e. The highest BCUT2D eigenvalue weighted by Crippen LogP contribution is 2.26. The normalized spacial score (nSPS) is 11.1. The monoisotopic (exact) mass is 448 g/mol. The van der Waals surface area contributed by atoms with Gasteiger partial charge in [-0.2, -0.15) is 0 Å². The highest BCUT2D eigenvalue weighted by atomic mass is 35.5. The number of amides is 1. The first-order chi connectivity index (χ1) is 13.8. The number of hydrogen-bond donors (Lipinski definition) is 1. The second-order valence-corrected chi connectivity index (χ2v) is 9.04. The predicted molar refractivity (Wildman–Crippen MR) is 117 cm³/mol. The summed E-state index contributed by atoms with van der Waals surface area (Å²) in [5.41, 5.74) is 1.75. The predicted octanol–water partition coefficient (Wildman–Crippen LogP) is 5.14. The van der Waals surface area contributed by atoms with Gasteiger partial charge in [-0.15, -0.1) is 0 Å². The Hall–Kier alpha value is -2.54. The first-order valence-corrected chi connectivity index (χ1v) is 10.9. The van der Waals surface area contributed by atoms with E-state index in [4.69, 9.17) is 23.2 Å². The van der Waals surface area contributed by atoms with Crippen molar-refractivity contribution in [3.8, 4) is 0 Å². The van der Waals surface area contributed by atoms with Crippen LogP contribution >= 0.6 is 23.2 Å². The number of nitrogens with zero attached hydrogens (tertiary/aromatic N) is 1. The molecular weight excluding hydrogens is 431 g/mol. The maximum Gasteiger partial charge on any atom is 0.264 e. The summed E-state index contributed by atoms with van der Waals surface area (Å²) in [6.45, 7) is 1.48. The zero-order chi connectivity index (χ0) is 21.0. The second-order valence-electron chi connectivity index (χ2n) is 6.33. The maximum absolute atomic E-state index is 13.3.